The van der Waals surface area contributed by atoms with Crippen LogP contribution in [-0.4, -0.2) is 26.9 Å². The first-order valence-corrected chi connectivity index (χ1v) is 7.75. The zero-order valence-electron chi connectivity index (χ0n) is 12.3. The molecule has 116 valence electrons. The van der Waals surface area contributed by atoms with Crippen LogP contribution in [0.2, 0.25) is 0 Å². The van der Waals surface area contributed by atoms with Gasteiger partial charge in [-0.25, -0.2) is 5.43 Å². The van der Waals surface area contributed by atoms with Gasteiger partial charge >= 0.3 is 0 Å². The number of phenolic OH excluding ortho intramolecular Hbond substituents is 1. The lowest BCUT2D eigenvalue weighted by Crippen LogP contribution is -2.19. The van der Waals surface area contributed by atoms with Crippen molar-refractivity contribution in [2.45, 2.75) is 6.92 Å². The van der Waals surface area contributed by atoms with Gasteiger partial charge in [0, 0.05) is 0 Å². The normalized spacial score (nSPS) is 11.4. The van der Waals surface area contributed by atoms with Crippen molar-refractivity contribution in [3.05, 3.63) is 59.1 Å². The molecule has 2 heterocycles. The van der Waals surface area contributed by atoms with Crippen LogP contribution >= 0.6 is 11.3 Å². The molecule has 23 heavy (non-hydrogen) atoms. The van der Waals surface area contributed by atoms with E-state index in [9.17, 15) is 9.90 Å². The summed E-state index contributed by atoms with van der Waals surface area (Å²) in [6.07, 6.45) is 0. The number of thiophene rings is 1. The minimum absolute atomic E-state index is 0.184. The molecule has 0 aliphatic heterocycles. The molecule has 0 atom stereocenters. The summed E-state index contributed by atoms with van der Waals surface area (Å²) in [6.45, 7) is 1.77. The van der Waals surface area contributed by atoms with E-state index in [4.69, 9.17) is 0 Å². The van der Waals surface area contributed by atoms with Crippen molar-refractivity contribution in [2.24, 2.45) is 5.10 Å². The number of carbonyl (C=O) groups is 1. The quantitative estimate of drug-likeness (QED) is 0.508. The number of nitrogens with zero attached hydrogens (tertiary/aromatic N) is 2. The minimum atomic E-state index is -0.387. The van der Waals surface area contributed by atoms with Gasteiger partial charge in [-0.05, 0) is 54.3 Å². The highest BCUT2D eigenvalue weighted by Gasteiger charge is 2.11. The van der Waals surface area contributed by atoms with Crippen molar-refractivity contribution in [1.82, 2.24) is 15.6 Å². The van der Waals surface area contributed by atoms with E-state index in [2.05, 4.69) is 20.7 Å². The van der Waals surface area contributed by atoms with Crippen LogP contribution in [-0.2, 0) is 0 Å². The van der Waals surface area contributed by atoms with Gasteiger partial charge in [0.05, 0.1) is 16.3 Å². The van der Waals surface area contributed by atoms with E-state index in [-0.39, 0.29) is 17.4 Å². The van der Waals surface area contributed by atoms with Gasteiger partial charge in [0.2, 0.25) is 0 Å². The number of aromatic nitrogens is 2. The number of hydrazone groups is 1. The standard InChI is InChI=1S/C16H14N4O2S/c1-10(11-4-6-12(21)7-5-11)17-20-16(22)14-9-13(18-19-14)15-3-2-8-23-15/h2-9,21H,1H3,(H,18,19)(H,20,22)/b17-10-. The second-order valence-electron chi connectivity index (χ2n) is 4.83. The topological polar surface area (TPSA) is 90.4 Å². The number of H-pyrrole nitrogens is 1. The van der Waals surface area contributed by atoms with Crippen LogP contribution in [0, 0.1) is 0 Å². The lowest BCUT2D eigenvalue weighted by Gasteiger charge is -2.01. The van der Waals surface area contributed by atoms with E-state index in [1.807, 2.05) is 17.5 Å². The largest absolute Gasteiger partial charge is 0.508 e. The molecule has 0 unspecified atom stereocenters. The SMILES string of the molecule is C/C(=N/NC(=O)c1cc(-c2cccs2)[nH]n1)c1ccc(O)cc1. The number of hydrogen-bond donors (Lipinski definition) is 3. The molecule has 3 aromatic rings. The summed E-state index contributed by atoms with van der Waals surface area (Å²) < 4.78 is 0. The molecule has 7 heteroatoms. The summed E-state index contributed by atoms with van der Waals surface area (Å²) in [5, 5.41) is 22.1. The van der Waals surface area contributed by atoms with Crippen LogP contribution in [0.5, 0.6) is 5.75 Å². The van der Waals surface area contributed by atoms with E-state index in [0.717, 1.165) is 16.1 Å². The summed E-state index contributed by atoms with van der Waals surface area (Å²) in [5.41, 5.74) is 4.99. The Kier molecular flexibility index (Phi) is 4.20. The van der Waals surface area contributed by atoms with E-state index in [1.165, 1.54) is 0 Å². The molecule has 0 bridgehead atoms. The Balaban J connectivity index is 1.69. The average Bonchev–Trinajstić information content (AvgIpc) is 3.23. The molecule has 1 aromatic carbocycles. The zero-order valence-corrected chi connectivity index (χ0v) is 13.1. The predicted molar refractivity (Wildman–Crippen MR) is 89.7 cm³/mol. The van der Waals surface area contributed by atoms with Gasteiger partial charge in [0.15, 0.2) is 5.69 Å². The van der Waals surface area contributed by atoms with E-state index in [1.54, 1.807) is 48.6 Å². The van der Waals surface area contributed by atoms with Gasteiger partial charge in [0.1, 0.15) is 5.75 Å². The first kappa shape index (κ1) is 15.0. The molecule has 0 saturated heterocycles. The van der Waals surface area contributed by atoms with Crippen LogP contribution in [0.4, 0.5) is 0 Å². The van der Waals surface area contributed by atoms with Gasteiger partial charge in [-0.2, -0.15) is 10.2 Å². The molecule has 6 nitrogen and oxygen atoms in total. The molecule has 1 amide bonds. The lowest BCUT2D eigenvalue weighted by atomic mass is 10.1. The average molecular weight is 326 g/mol. The maximum atomic E-state index is 12.1. The number of carbonyl (C=O) groups excluding carboxylic acids is 1. The molecule has 0 saturated carbocycles. The van der Waals surface area contributed by atoms with Crippen LogP contribution in [0.1, 0.15) is 23.0 Å². The van der Waals surface area contributed by atoms with Gasteiger partial charge < -0.3 is 5.11 Å². The van der Waals surface area contributed by atoms with Crippen LogP contribution in [0.15, 0.2) is 52.9 Å². The van der Waals surface area contributed by atoms with Crippen molar-refractivity contribution in [3.63, 3.8) is 0 Å². The number of amides is 1. The maximum Gasteiger partial charge on any atom is 0.291 e. The van der Waals surface area contributed by atoms with Crippen molar-refractivity contribution < 1.29 is 9.90 Å². The maximum absolute atomic E-state index is 12.1. The fourth-order valence-corrected chi connectivity index (χ4v) is 2.65. The molecular weight excluding hydrogens is 312 g/mol. The van der Waals surface area contributed by atoms with Gasteiger partial charge in [-0.3, -0.25) is 9.89 Å². The highest BCUT2D eigenvalue weighted by atomic mass is 32.1. The molecular formula is C16H14N4O2S. The third-order valence-electron chi connectivity index (χ3n) is 3.21. The molecule has 3 rings (SSSR count). The van der Waals surface area contributed by atoms with E-state index < -0.39 is 0 Å². The molecule has 0 radical (unpaired) electrons. The second-order valence-corrected chi connectivity index (χ2v) is 5.78. The fourth-order valence-electron chi connectivity index (χ4n) is 1.96. The Morgan fingerprint density at radius 1 is 1.30 bits per heavy atom. The first-order valence-electron chi connectivity index (χ1n) is 6.87. The number of hydrogen-bond acceptors (Lipinski definition) is 5. The number of benzene rings is 1. The Morgan fingerprint density at radius 2 is 2.09 bits per heavy atom. The van der Waals surface area contributed by atoms with E-state index >= 15 is 0 Å². The van der Waals surface area contributed by atoms with Gasteiger partial charge in [0.25, 0.3) is 5.91 Å². The Bertz CT molecular complexity index is 835. The highest BCUT2D eigenvalue weighted by Crippen LogP contribution is 2.22. The summed E-state index contributed by atoms with van der Waals surface area (Å²) in [6, 6.07) is 12.2. The van der Waals surface area contributed by atoms with Gasteiger partial charge in [-0.1, -0.05) is 6.07 Å². The number of nitrogens with one attached hydrogen (secondary N) is 2. The minimum Gasteiger partial charge on any atom is -0.508 e. The highest BCUT2D eigenvalue weighted by molar-refractivity contribution is 7.13. The number of rotatable bonds is 4. The zero-order chi connectivity index (χ0) is 16.2. The number of aromatic hydroxyl groups is 1. The molecule has 3 N–H and O–H groups in total. The smallest absolute Gasteiger partial charge is 0.291 e. The molecule has 0 spiro atoms. The fraction of sp³-hybridized carbons (Fsp3) is 0.0625. The summed E-state index contributed by atoms with van der Waals surface area (Å²) in [7, 11) is 0. The summed E-state index contributed by atoms with van der Waals surface area (Å²) >= 11 is 1.57. The molecule has 0 aliphatic rings. The molecule has 2 aromatic heterocycles. The van der Waals surface area contributed by atoms with Crippen molar-refractivity contribution in [2.75, 3.05) is 0 Å². The second kappa shape index (κ2) is 6.45. The Hall–Kier alpha value is -2.93. The Morgan fingerprint density at radius 3 is 2.78 bits per heavy atom. The van der Waals surface area contributed by atoms with Gasteiger partial charge in [-0.15, -0.1) is 11.3 Å². The van der Waals surface area contributed by atoms with E-state index in [0.29, 0.717) is 5.71 Å². The van der Waals surface area contributed by atoms with Crippen LogP contribution in [0.3, 0.4) is 0 Å². The first-order chi connectivity index (χ1) is 11.1. The monoisotopic (exact) mass is 326 g/mol. The Labute approximate surface area is 136 Å². The lowest BCUT2D eigenvalue weighted by molar-refractivity contribution is 0.0950. The van der Waals surface area contributed by atoms with Crippen molar-refractivity contribution in [3.8, 4) is 16.3 Å². The molecule has 0 aliphatic carbocycles. The predicted octanol–water partition coefficient (Wildman–Crippen LogP) is 3.00. The van der Waals surface area contributed by atoms with Crippen LogP contribution in [0.25, 0.3) is 10.6 Å². The van der Waals surface area contributed by atoms with Crippen molar-refractivity contribution >= 4 is 23.0 Å². The number of aromatic amines is 1. The number of phenols is 1. The molecule has 0 fully saturated rings. The third-order valence-corrected chi connectivity index (χ3v) is 4.11. The van der Waals surface area contributed by atoms with Crippen LogP contribution < -0.4 is 5.43 Å². The summed E-state index contributed by atoms with van der Waals surface area (Å²) in [4.78, 5) is 13.1. The van der Waals surface area contributed by atoms with Crippen molar-refractivity contribution in [1.29, 1.82) is 0 Å². The summed E-state index contributed by atoms with van der Waals surface area (Å²) in [5.74, 6) is -0.203. The third kappa shape index (κ3) is 3.46.